The molecule has 4 aromatic rings. The maximum Gasteiger partial charge on any atom is 0.166 e. The van der Waals surface area contributed by atoms with E-state index < -0.39 is 0 Å². The van der Waals surface area contributed by atoms with Crippen LogP contribution in [0.25, 0.3) is 20.4 Å². The number of hydrogen-bond acceptors (Lipinski definition) is 8. The zero-order chi connectivity index (χ0) is 34.1. The Morgan fingerprint density at radius 1 is 0.438 bits per heavy atom. The molecule has 2 heterocycles. The summed E-state index contributed by atoms with van der Waals surface area (Å²) < 4.78 is 10.1. The minimum Gasteiger partial charge on any atom is -0.244 e. The first-order chi connectivity index (χ1) is 23.7. The highest BCUT2D eigenvalue weighted by Gasteiger charge is 2.12. The van der Waals surface area contributed by atoms with Gasteiger partial charge in [-0.2, -0.15) is 0 Å². The molecule has 0 radical (unpaired) electrons. The third-order valence-corrected chi connectivity index (χ3v) is 12.9. The van der Waals surface area contributed by atoms with Crippen molar-refractivity contribution in [3.8, 4) is 0 Å². The molecule has 0 bridgehead atoms. The lowest BCUT2D eigenvalue weighted by Crippen LogP contribution is -2.18. The zero-order valence-electron chi connectivity index (χ0n) is 30.6. The first-order valence-corrected chi connectivity index (χ1v) is 22.4. The molecule has 0 aliphatic rings. The maximum atomic E-state index is 4.83. The summed E-state index contributed by atoms with van der Waals surface area (Å²) in [6.45, 7) is 13.9. The minimum absolute atomic E-state index is 1.13. The van der Waals surface area contributed by atoms with Gasteiger partial charge in [0.1, 0.15) is 0 Å². The Balaban J connectivity index is 0.000000269. The van der Waals surface area contributed by atoms with Crippen molar-refractivity contribution in [1.82, 2.24) is 18.6 Å². The molecule has 0 fully saturated rings. The third kappa shape index (κ3) is 17.2. The SMILES string of the molecule is CCCCCCCCN(CCCCCCCC)Sc1nc2ccccc2s1.CCCCCN(CCCCC)Sc1nc2ccccc2s1. The normalized spacial score (nSPS) is 11.6. The van der Waals surface area contributed by atoms with E-state index in [9.17, 15) is 0 Å². The van der Waals surface area contributed by atoms with Gasteiger partial charge in [-0.25, -0.2) is 18.6 Å². The van der Waals surface area contributed by atoms with E-state index >= 15 is 0 Å². The van der Waals surface area contributed by atoms with Crippen LogP contribution >= 0.6 is 46.6 Å². The van der Waals surface area contributed by atoms with Crippen molar-refractivity contribution < 1.29 is 0 Å². The van der Waals surface area contributed by atoms with Gasteiger partial charge in [0.05, 0.1) is 20.4 Å². The molecule has 0 aliphatic heterocycles. The van der Waals surface area contributed by atoms with Crippen molar-refractivity contribution in [1.29, 1.82) is 0 Å². The number of rotatable bonds is 26. The molecule has 0 saturated carbocycles. The molecule has 4 rings (SSSR count). The van der Waals surface area contributed by atoms with Gasteiger partial charge in [0.2, 0.25) is 0 Å². The number of aromatic nitrogens is 2. The summed E-state index contributed by atoms with van der Waals surface area (Å²) in [5.74, 6) is 0. The molecule has 2 aromatic carbocycles. The summed E-state index contributed by atoms with van der Waals surface area (Å²) in [5.41, 5.74) is 2.27. The summed E-state index contributed by atoms with van der Waals surface area (Å²) in [5, 5.41) is 0. The number of hydrogen-bond donors (Lipinski definition) is 0. The first kappa shape index (κ1) is 41.3. The van der Waals surface area contributed by atoms with Crippen LogP contribution in [0.1, 0.15) is 143 Å². The van der Waals surface area contributed by atoms with Crippen molar-refractivity contribution in [3.63, 3.8) is 0 Å². The number of thiazole rings is 2. The Kier molecular flexibility index (Phi) is 22.9. The van der Waals surface area contributed by atoms with Crippen molar-refractivity contribution >= 4 is 67.0 Å². The van der Waals surface area contributed by atoms with Crippen LogP contribution in [0.15, 0.2) is 57.2 Å². The van der Waals surface area contributed by atoms with Crippen LogP contribution in [0.4, 0.5) is 0 Å². The summed E-state index contributed by atoms with van der Waals surface area (Å²) in [7, 11) is 0. The predicted molar refractivity (Wildman–Crippen MR) is 220 cm³/mol. The summed E-state index contributed by atoms with van der Waals surface area (Å²) in [6.07, 6.45) is 24.2. The van der Waals surface area contributed by atoms with Crippen LogP contribution < -0.4 is 0 Å². The van der Waals surface area contributed by atoms with E-state index in [-0.39, 0.29) is 0 Å². The molecule has 48 heavy (non-hydrogen) atoms. The van der Waals surface area contributed by atoms with E-state index in [4.69, 9.17) is 9.97 Å². The molecule has 8 heteroatoms. The Morgan fingerprint density at radius 2 is 0.750 bits per heavy atom. The Bertz CT molecular complexity index is 1250. The van der Waals surface area contributed by atoms with Gasteiger partial charge in [-0.1, -0.05) is 142 Å². The lowest BCUT2D eigenvalue weighted by molar-refractivity contribution is 0.424. The van der Waals surface area contributed by atoms with E-state index in [0.29, 0.717) is 0 Å². The van der Waals surface area contributed by atoms with Gasteiger partial charge in [-0.3, -0.25) is 0 Å². The molecule has 2 aromatic heterocycles. The second kappa shape index (κ2) is 26.6. The molecular weight excluding hydrogens is 665 g/mol. The highest BCUT2D eigenvalue weighted by atomic mass is 32.2. The molecule has 0 atom stereocenters. The van der Waals surface area contributed by atoms with Crippen molar-refractivity contribution in [2.24, 2.45) is 0 Å². The molecule has 268 valence electrons. The lowest BCUT2D eigenvalue weighted by Gasteiger charge is -2.19. The number of unbranched alkanes of at least 4 members (excludes halogenated alkanes) is 14. The topological polar surface area (TPSA) is 32.3 Å². The highest BCUT2D eigenvalue weighted by Crippen LogP contribution is 2.33. The summed E-state index contributed by atoms with van der Waals surface area (Å²) >= 11 is 7.40. The average molecular weight is 729 g/mol. The standard InChI is InChI=1S/C23H38N2S2.C17H26N2S2/c1-3-5-7-9-11-15-19-25(20-16-12-10-8-6-4-2)27-23-24-21-17-13-14-18-22(21)26-23;1-3-5-9-13-19(14-10-6-4-2)21-17-18-15-11-7-8-12-16(15)20-17/h13-14,17-18H,3-12,15-16,19-20H2,1-2H3;7-8,11-12H,3-6,9-10,13-14H2,1-2H3. The van der Waals surface area contributed by atoms with Crippen LogP contribution in [0.3, 0.4) is 0 Å². The Morgan fingerprint density at radius 3 is 1.12 bits per heavy atom. The van der Waals surface area contributed by atoms with Gasteiger partial charge >= 0.3 is 0 Å². The van der Waals surface area contributed by atoms with Gasteiger partial charge < -0.3 is 0 Å². The number of nitrogens with zero attached hydrogens (tertiary/aromatic N) is 4. The maximum absolute atomic E-state index is 4.83. The number of fused-ring (bicyclic) bond motifs is 2. The smallest absolute Gasteiger partial charge is 0.166 e. The average Bonchev–Trinajstić information content (AvgIpc) is 3.71. The second-order valence-electron chi connectivity index (χ2n) is 12.9. The fourth-order valence-electron chi connectivity index (χ4n) is 5.62. The van der Waals surface area contributed by atoms with Crippen LogP contribution in [0.2, 0.25) is 0 Å². The van der Waals surface area contributed by atoms with E-state index in [2.05, 4.69) is 84.8 Å². The van der Waals surface area contributed by atoms with Crippen molar-refractivity contribution in [3.05, 3.63) is 48.5 Å². The monoisotopic (exact) mass is 728 g/mol. The lowest BCUT2D eigenvalue weighted by atomic mass is 10.1. The third-order valence-electron chi connectivity index (χ3n) is 8.51. The van der Waals surface area contributed by atoms with Gasteiger partial charge in [0.15, 0.2) is 8.68 Å². The molecule has 4 nitrogen and oxygen atoms in total. The minimum atomic E-state index is 1.13. The van der Waals surface area contributed by atoms with Crippen LogP contribution in [-0.2, 0) is 0 Å². The van der Waals surface area contributed by atoms with Crippen LogP contribution in [0, 0.1) is 0 Å². The molecule has 0 saturated heterocycles. The summed E-state index contributed by atoms with van der Waals surface area (Å²) in [6, 6.07) is 16.9. The van der Waals surface area contributed by atoms with E-state index in [0.717, 1.165) is 11.0 Å². The Hall–Kier alpha value is -1.16. The Labute approximate surface area is 310 Å². The first-order valence-electron chi connectivity index (χ1n) is 19.2. The molecule has 0 unspecified atom stereocenters. The van der Waals surface area contributed by atoms with Crippen molar-refractivity contribution in [2.75, 3.05) is 26.2 Å². The van der Waals surface area contributed by atoms with E-state index in [1.807, 2.05) is 46.6 Å². The molecular formula is C40H64N4S4. The second-order valence-corrected chi connectivity index (χ2v) is 17.6. The number of para-hydroxylation sites is 2. The van der Waals surface area contributed by atoms with Crippen LogP contribution in [-0.4, -0.2) is 44.8 Å². The quantitative estimate of drug-likeness (QED) is 0.0473. The van der Waals surface area contributed by atoms with Gasteiger partial charge in [-0.15, -0.1) is 22.7 Å². The number of benzene rings is 2. The predicted octanol–water partition coefficient (Wildman–Crippen LogP) is 14.3. The van der Waals surface area contributed by atoms with Crippen LogP contribution in [0.5, 0.6) is 0 Å². The molecule has 0 aliphatic carbocycles. The fourth-order valence-corrected chi connectivity index (χ4v) is 10.1. The molecule has 0 amide bonds. The highest BCUT2D eigenvalue weighted by molar-refractivity contribution is 7.99. The van der Waals surface area contributed by atoms with Crippen molar-refractivity contribution in [2.45, 2.75) is 152 Å². The molecule has 0 spiro atoms. The largest absolute Gasteiger partial charge is 0.244 e. The fraction of sp³-hybridized carbons (Fsp3) is 0.650. The van der Waals surface area contributed by atoms with Gasteiger partial charge in [0, 0.05) is 26.2 Å². The van der Waals surface area contributed by atoms with E-state index in [1.54, 1.807) is 0 Å². The molecule has 0 N–H and O–H groups in total. The van der Waals surface area contributed by atoms with Gasteiger partial charge in [-0.05, 0) is 73.8 Å². The van der Waals surface area contributed by atoms with Gasteiger partial charge in [0.25, 0.3) is 0 Å². The zero-order valence-corrected chi connectivity index (χ0v) is 33.9. The van der Waals surface area contributed by atoms with E-state index in [1.165, 1.54) is 160 Å². The summed E-state index contributed by atoms with van der Waals surface area (Å²) in [4.78, 5) is 9.58.